The van der Waals surface area contributed by atoms with E-state index < -0.39 is 0 Å². The summed E-state index contributed by atoms with van der Waals surface area (Å²) in [5.41, 5.74) is 6.38. The predicted octanol–water partition coefficient (Wildman–Crippen LogP) is 11.0. The van der Waals surface area contributed by atoms with Gasteiger partial charge in [-0.15, -0.1) is 0 Å². The van der Waals surface area contributed by atoms with Crippen LogP contribution in [0.4, 0.5) is 0 Å². The van der Waals surface area contributed by atoms with E-state index in [9.17, 15) is 0 Å². The molecule has 2 nitrogen and oxygen atoms in total. The second-order valence-corrected chi connectivity index (χ2v) is 10.8. The van der Waals surface area contributed by atoms with Crippen LogP contribution in [0.1, 0.15) is 56.6 Å². The van der Waals surface area contributed by atoms with E-state index >= 15 is 0 Å². The third-order valence-corrected chi connectivity index (χ3v) is 8.02. The Labute approximate surface area is 216 Å². The molecular formula is C35H32O2. The Bertz CT molecular complexity index is 1930. The third-order valence-electron chi connectivity index (χ3n) is 8.02. The van der Waals surface area contributed by atoms with Crippen molar-refractivity contribution in [3.63, 3.8) is 0 Å². The van der Waals surface area contributed by atoms with Gasteiger partial charge in [0.25, 0.3) is 0 Å². The highest BCUT2D eigenvalue weighted by atomic mass is 16.3. The van der Waals surface area contributed by atoms with Gasteiger partial charge in [0.15, 0.2) is 0 Å². The monoisotopic (exact) mass is 484 g/mol. The minimum Gasteiger partial charge on any atom is -0.456 e. The number of hydrogen-bond acceptors (Lipinski definition) is 2. The van der Waals surface area contributed by atoms with Gasteiger partial charge >= 0.3 is 0 Å². The largest absolute Gasteiger partial charge is 0.456 e. The summed E-state index contributed by atoms with van der Waals surface area (Å²) in [5, 5.41) is 9.47. The molecule has 2 heterocycles. The van der Waals surface area contributed by atoms with Gasteiger partial charge in [-0.2, -0.15) is 0 Å². The summed E-state index contributed by atoms with van der Waals surface area (Å²) in [7, 11) is 0. The summed E-state index contributed by atoms with van der Waals surface area (Å²) >= 11 is 0. The quantitative estimate of drug-likeness (QED) is 0.210. The van der Waals surface area contributed by atoms with Gasteiger partial charge in [0.2, 0.25) is 0 Å². The van der Waals surface area contributed by atoms with Gasteiger partial charge in [0.1, 0.15) is 22.3 Å². The highest BCUT2D eigenvalue weighted by Gasteiger charge is 2.15. The molecule has 0 bridgehead atoms. The molecule has 37 heavy (non-hydrogen) atoms. The number of fused-ring (bicyclic) bond motifs is 8. The molecule has 0 saturated carbocycles. The molecule has 0 atom stereocenters. The molecule has 0 N–H and O–H groups in total. The van der Waals surface area contributed by atoms with Crippen molar-refractivity contribution in [2.24, 2.45) is 0 Å². The maximum absolute atomic E-state index is 6.39. The van der Waals surface area contributed by atoms with Crippen LogP contribution in [0.5, 0.6) is 0 Å². The number of unbranched alkanes of at least 4 members (excludes halogenated alkanes) is 5. The Hall–Kier alpha value is -3.78. The van der Waals surface area contributed by atoms with Gasteiger partial charge in [-0.1, -0.05) is 81.0 Å². The molecule has 0 spiro atoms. The third kappa shape index (κ3) is 3.96. The van der Waals surface area contributed by atoms with Crippen molar-refractivity contribution >= 4 is 65.4 Å². The van der Waals surface area contributed by atoms with Gasteiger partial charge in [0, 0.05) is 21.5 Å². The number of benzene rings is 5. The predicted molar refractivity (Wildman–Crippen MR) is 158 cm³/mol. The standard InChI is InChI=1S/C35H32O2/c1-3-4-5-6-7-8-9-23-11-13-25-19-33-29(17-27(25)15-23)31-21-34-30(20-35(31)37-33)28-16-26-14-22(2)10-12-24(26)18-32(28)36-34/h10-21H,3-9H2,1-2H3. The van der Waals surface area contributed by atoms with Crippen LogP contribution < -0.4 is 0 Å². The Morgan fingerprint density at radius 1 is 0.486 bits per heavy atom. The van der Waals surface area contributed by atoms with E-state index in [1.54, 1.807) is 0 Å². The van der Waals surface area contributed by atoms with Crippen molar-refractivity contribution in [2.45, 2.75) is 58.8 Å². The average Bonchev–Trinajstić information content (AvgIpc) is 3.42. The van der Waals surface area contributed by atoms with E-state index in [0.29, 0.717) is 0 Å². The maximum atomic E-state index is 6.39. The molecule has 7 aromatic rings. The molecule has 0 fully saturated rings. The molecular weight excluding hydrogens is 452 g/mol. The summed E-state index contributed by atoms with van der Waals surface area (Å²) < 4.78 is 12.8. The number of rotatable bonds is 7. The van der Waals surface area contributed by atoms with Crippen LogP contribution in [-0.2, 0) is 6.42 Å². The van der Waals surface area contributed by atoms with Crippen molar-refractivity contribution in [1.82, 2.24) is 0 Å². The minimum absolute atomic E-state index is 0.911. The van der Waals surface area contributed by atoms with Crippen LogP contribution in [0.25, 0.3) is 65.4 Å². The van der Waals surface area contributed by atoms with Crippen molar-refractivity contribution in [2.75, 3.05) is 0 Å². The summed E-state index contributed by atoms with van der Waals surface area (Å²) in [5.74, 6) is 0. The Morgan fingerprint density at radius 2 is 1.03 bits per heavy atom. The van der Waals surface area contributed by atoms with Gasteiger partial charge in [0.05, 0.1) is 0 Å². The van der Waals surface area contributed by atoms with Crippen LogP contribution >= 0.6 is 0 Å². The van der Waals surface area contributed by atoms with Gasteiger partial charge < -0.3 is 8.83 Å². The molecule has 0 aliphatic heterocycles. The Kier molecular flexibility index (Phi) is 5.43. The second-order valence-electron chi connectivity index (χ2n) is 10.8. The van der Waals surface area contributed by atoms with E-state index in [1.807, 2.05) is 0 Å². The molecule has 2 heteroatoms. The van der Waals surface area contributed by atoms with Crippen molar-refractivity contribution < 1.29 is 8.83 Å². The highest BCUT2D eigenvalue weighted by Crippen LogP contribution is 2.39. The number of hydrogen-bond donors (Lipinski definition) is 0. The zero-order valence-corrected chi connectivity index (χ0v) is 21.7. The summed E-state index contributed by atoms with van der Waals surface area (Å²) in [6.45, 7) is 4.41. The molecule has 0 saturated heterocycles. The average molecular weight is 485 g/mol. The van der Waals surface area contributed by atoms with E-state index in [0.717, 1.165) is 50.3 Å². The lowest BCUT2D eigenvalue weighted by Crippen LogP contribution is -1.87. The van der Waals surface area contributed by atoms with E-state index in [2.05, 4.69) is 86.6 Å². The summed E-state index contributed by atoms with van der Waals surface area (Å²) in [4.78, 5) is 0. The zero-order valence-electron chi connectivity index (χ0n) is 21.7. The lowest BCUT2D eigenvalue weighted by Gasteiger charge is -2.05. The van der Waals surface area contributed by atoms with Crippen LogP contribution in [0.3, 0.4) is 0 Å². The van der Waals surface area contributed by atoms with E-state index in [-0.39, 0.29) is 0 Å². The van der Waals surface area contributed by atoms with Crippen molar-refractivity contribution in [3.05, 3.63) is 83.9 Å². The molecule has 184 valence electrons. The molecule has 2 aromatic heterocycles. The molecule has 0 radical (unpaired) electrons. The first-order valence-electron chi connectivity index (χ1n) is 13.8. The highest BCUT2D eigenvalue weighted by molar-refractivity contribution is 6.18. The van der Waals surface area contributed by atoms with Crippen LogP contribution in [-0.4, -0.2) is 0 Å². The SMILES string of the molecule is CCCCCCCCc1ccc2cc3oc4cc5c(cc4c3cc2c1)oc1cc2ccc(C)cc2cc15. The van der Waals surface area contributed by atoms with Gasteiger partial charge in [-0.05, 0) is 83.3 Å². The fourth-order valence-corrected chi connectivity index (χ4v) is 5.96. The molecule has 0 amide bonds. The Morgan fingerprint density at radius 3 is 1.70 bits per heavy atom. The Balaban J connectivity index is 1.29. The van der Waals surface area contributed by atoms with Crippen molar-refractivity contribution in [3.8, 4) is 0 Å². The number of furan rings is 2. The van der Waals surface area contributed by atoms with Crippen LogP contribution in [0.15, 0.2) is 81.6 Å². The van der Waals surface area contributed by atoms with Crippen LogP contribution in [0, 0.1) is 6.92 Å². The molecule has 5 aromatic carbocycles. The van der Waals surface area contributed by atoms with Crippen LogP contribution in [0.2, 0.25) is 0 Å². The van der Waals surface area contributed by atoms with Crippen molar-refractivity contribution in [1.29, 1.82) is 0 Å². The fourth-order valence-electron chi connectivity index (χ4n) is 5.96. The fraction of sp³-hybridized carbons (Fsp3) is 0.257. The molecule has 0 aliphatic carbocycles. The minimum atomic E-state index is 0.911. The molecule has 0 unspecified atom stereocenters. The lowest BCUT2D eigenvalue weighted by molar-refractivity contribution is 0.607. The topological polar surface area (TPSA) is 26.3 Å². The van der Waals surface area contributed by atoms with E-state index in [1.165, 1.54) is 71.2 Å². The lowest BCUT2D eigenvalue weighted by atomic mass is 10.00. The van der Waals surface area contributed by atoms with E-state index in [4.69, 9.17) is 8.83 Å². The smallest absolute Gasteiger partial charge is 0.136 e. The van der Waals surface area contributed by atoms with Gasteiger partial charge in [-0.25, -0.2) is 0 Å². The second kappa shape index (κ2) is 8.95. The molecule has 7 rings (SSSR count). The first-order valence-corrected chi connectivity index (χ1v) is 13.8. The summed E-state index contributed by atoms with van der Waals surface area (Å²) in [6, 6.07) is 26.7. The first-order chi connectivity index (χ1) is 18.2. The summed E-state index contributed by atoms with van der Waals surface area (Å²) in [6.07, 6.45) is 9.14. The van der Waals surface area contributed by atoms with Gasteiger partial charge in [-0.3, -0.25) is 0 Å². The maximum Gasteiger partial charge on any atom is 0.136 e. The number of aryl methyl sites for hydroxylation is 2. The zero-order chi connectivity index (χ0) is 24.9. The molecule has 0 aliphatic rings. The normalized spacial score (nSPS) is 12.3. The first kappa shape index (κ1) is 22.4.